The normalized spacial score (nSPS) is 17.8. The molecule has 1 saturated heterocycles. The Bertz CT molecular complexity index is 1780. The summed E-state index contributed by atoms with van der Waals surface area (Å²) in [6, 6.07) is 19.4. The van der Waals surface area contributed by atoms with Crippen LogP contribution in [0.4, 0.5) is 10.5 Å². The van der Waals surface area contributed by atoms with Gasteiger partial charge in [-0.3, -0.25) is 9.59 Å². The average Bonchev–Trinajstić information content (AvgIpc) is 3.50. The molecule has 11 heteroatoms. The molecule has 4 amide bonds. The number of H-pyrrole nitrogens is 1. The van der Waals surface area contributed by atoms with Crippen LogP contribution in [-0.2, 0) is 11.2 Å². The van der Waals surface area contributed by atoms with Crippen molar-refractivity contribution < 1.29 is 14.4 Å². The topological polar surface area (TPSA) is 92.0 Å². The Hall–Kier alpha value is -4.05. The van der Waals surface area contributed by atoms with Gasteiger partial charge in [0.25, 0.3) is 5.91 Å². The van der Waals surface area contributed by atoms with Crippen LogP contribution in [-0.4, -0.2) is 96.9 Å². The lowest BCUT2D eigenvalue weighted by molar-refractivity contribution is -0.121. The van der Waals surface area contributed by atoms with E-state index in [0.717, 1.165) is 40.7 Å². The molecular formula is C36H40Cl2N6O3. The quantitative estimate of drug-likeness (QED) is 0.256. The number of para-hydroxylation sites is 1. The third-order valence-electron chi connectivity index (χ3n) is 9.29. The number of benzene rings is 3. The Labute approximate surface area is 285 Å². The molecule has 3 aromatic carbocycles. The molecule has 0 aliphatic carbocycles. The van der Waals surface area contributed by atoms with Gasteiger partial charge < -0.3 is 29.9 Å². The minimum Gasteiger partial charge on any atom is -0.361 e. The highest BCUT2D eigenvalue weighted by atomic mass is 35.5. The summed E-state index contributed by atoms with van der Waals surface area (Å²) in [5.41, 5.74) is 4.21. The van der Waals surface area contributed by atoms with Crippen LogP contribution in [0.5, 0.6) is 0 Å². The highest BCUT2D eigenvalue weighted by molar-refractivity contribution is 6.33. The first-order chi connectivity index (χ1) is 22.6. The molecule has 3 atom stereocenters. The van der Waals surface area contributed by atoms with E-state index in [2.05, 4.69) is 15.2 Å². The predicted molar refractivity (Wildman–Crippen MR) is 188 cm³/mol. The molecule has 1 fully saturated rings. The standard InChI is InChI=1S/C36H40Cl2N6O3/c1-23(29-20-39-31-11-7-5-8-27(29)31)33(35(46)44-22-24(21-41(2)3)18-25-19-26(37)12-13-32(25)44)40-36(47)43-16-14-42(15-17-43)34(45)28-9-4-6-10-30(28)38/h4-13,19-20,23-24,33,39H,14-18,21-22H2,1-3H3,(H,40,47)/t23-,24+,33+/m0/s1. The fourth-order valence-electron chi connectivity index (χ4n) is 6.92. The molecule has 4 aromatic rings. The maximum atomic E-state index is 14.8. The molecule has 3 heterocycles. The van der Waals surface area contributed by atoms with Gasteiger partial charge in [-0.05, 0) is 74.0 Å². The number of carbonyl (C=O) groups excluding carboxylic acids is 3. The molecule has 47 heavy (non-hydrogen) atoms. The van der Waals surface area contributed by atoms with Gasteiger partial charge in [0.15, 0.2) is 0 Å². The number of urea groups is 1. The average molecular weight is 676 g/mol. The van der Waals surface area contributed by atoms with Crippen LogP contribution in [0.25, 0.3) is 10.9 Å². The molecule has 0 bridgehead atoms. The Morgan fingerprint density at radius 1 is 0.957 bits per heavy atom. The molecule has 0 spiro atoms. The summed E-state index contributed by atoms with van der Waals surface area (Å²) in [4.78, 5) is 52.5. The van der Waals surface area contributed by atoms with Gasteiger partial charge in [-0.1, -0.05) is 60.5 Å². The van der Waals surface area contributed by atoms with Gasteiger partial charge >= 0.3 is 6.03 Å². The van der Waals surface area contributed by atoms with Crippen LogP contribution in [0.1, 0.15) is 34.3 Å². The van der Waals surface area contributed by atoms with E-state index in [0.29, 0.717) is 48.3 Å². The van der Waals surface area contributed by atoms with Crippen molar-refractivity contribution in [2.24, 2.45) is 5.92 Å². The number of hydrogen-bond acceptors (Lipinski definition) is 4. The Balaban J connectivity index is 1.26. The molecule has 246 valence electrons. The molecule has 0 unspecified atom stereocenters. The molecule has 0 radical (unpaired) electrons. The van der Waals surface area contributed by atoms with Gasteiger partial charge in [0.05, 0.1) is 10.6 Å². The summed E-state index contributed by atoms with van der Waals surface area (Å²) < 4.78 is 0. The SMILES string of the molecule is C[C@@H](c1c[nH]c2ccccc12)[C@@H](NC(=O)N1CCN(C(=O)c2ccccc2Cl)CC1)C(=O)N1C[C@@H](CN(C)C)Cc2cc(Cl)ccc21. The minimum atomic E-state index is -0.855. The van der Waals surface area contributed by atoms with Gasteiger partial charge in [-0.15, -0.1) is 0 Å². The van der Waals surface area contributed by atoms with Crippen LogP contribution in [0.15, 0.2) is 72.9 Å². The van der Waals surface area contributed by atoms with Crippen molar-refractivity contribution in [3.05, 3.63) is 99.7 Å². The zero-order valence-corrected chi connectivity index (χ0v) is 28.4. The van der Waals surface area contributed by atoms with Crippen molar-refractivity contribution in [1.82, 2.24) is 25.0 Å². The summed E-state index contributed by atoms with van der Waals surface area (Å²) >= 11 is 12.7. The molecule has 2 N–H and O–H groups in total. The zero-order valence-electron chi connectivity index (χ0n) is 26.9. The molecule has 0 saturated carbocycles. The van der Waals surface area contributed by atoms with Crippen LogP contribution >= 0.6 is 23.2 Å². The third-order valence-corrected chi connectivity index (χ3v) is 9.85. The number of nitrogens with one attached hydrogen (secondary N) is 2. The number of carbonyl (C=O) groups is 3. The van der Waals surface area contributed by atoms with Crippen molar-refractivity contribution in [1.29, 1.82) is 0 Å². The Morgan fingerprint density at radius 3 is 2.40 bits per heavy atom. The zero-order chi connectivity index (χ0) is 33.2. The smallest absolute Gasteiger partial charge is 0.318 e. The van der Waals surface area contributed by atoms with Gasteiger partial charge in [0, 0.05) is 73.0 Å². The molecule has 2 aliphatic heterocycles. The first-order valence-corrected chi connectivity index (χ1v) is 16.8. The van der Waals surface area contributed by atoms with E-state index in [4.69, 9.17) is 23.2 Å². The highest BCUT2D eigenvalue weighted by Crippen LogP contribution is 2.35. The number of rotatable bonds is 7. The van der Waals surface area contributed by atoms with E-state index >= 15 is 0 Å². The second-order valence-electron chi connectivity index (χ2n) is 12.8. The van der Waals surface area contributed by atoms with Gasteiger partial charge in [0.2, 0.25) is 5.91 Å². The fourth-order valence-corrected chi connectivity index (χ4v) is 7.33. The predicted octanol–water partition coefficient (Wildman–Crippen LogP) is 5.88. The second-order valence-corrected chi connectivity index (χ2v) is 13.7. The fraction of sp³-hybridized carbons (Fsp3) is 0.361. The van der Waals surface area contributed by atoms with E-state index in [1.165, 1.54) is 0 Å². The largest absolute Gasteiger partial charge is 0.361 e. The number of amides is 4. The monoisotopic (exact) mass is 674 g/mol. The van der Waals surface area contributed by atoms with Gasteiger partial charge in [-0.25, -0.2) is 4.79 Å². The number of aromatic nitrogens is 1. The van der Waals surface area contributed by atoms with Crippen molar-refractivity contribution in [2.45, 2.75) is 25.3 Å². The first kappa shape index (κ1) is 32.9. The molecule has 2 aliphatic rings. The van der Waals surface area contributed by atoms with Crippen LogP contribution < -0.4 is 10.2 Å². The summed E-state index contributed by atoms with van der Waals surface area (Å²) in [5, 5.41) is 5.18. The summed E-state index contributed by atoms with van der Waals surface area (Å²) in [7, 11) is 4.06. The summed E-state index contributed by atoms with van der Waals surface area (Å²) in [5.74, 6) is -0.484. The van der Waals surface area contributed by atoms with Gasteiger partial charge in [-0.2, -0.15) is 0 Å². The molecule has 6 rings (SSSR count). The molecule has 1 aromatic heterocycles. The van der Waals surface area contributed by atoms with Crippen LogP contribution in [0, 0.1) is 5.92 Å². The third kappa shape index (κ3) is 6.98. The lowest BCUT2D eigenvalue weighted by Crippen LogP contribution is -2.59. The van der Waals surface area contributed by atoms with E-state index in [9.17, 15) is 14.4 Å². The van der Waals surface area contributed by atoms with Crippen LogP contribution in [0.3, 0.4) is 0 Å². The van der Waals surface area contributed by atoms with Crippen molar-refractivity contribution in [3.63, 3.8) is 0 Å². The van der Waals surface area contributed by atoms with E-state index in [-0.39, 0.29) is 29.7 Å². The van der Waals surface area contributed by atoms with E-state index in [1.807, 2.05) is 74.6 Å². The number of fused-ring (bicyclic) bond motifs is 2. The first-order valence-electron chi connectivity index (χ1n) is 16.0. The van der Waals surface area contributed by atoms with Gasteiger partial charge in [0.1, 0.15) is 6.04 Å². The minimum absolute atomic E-state index is 0.159. The number of hydrogen-bond donors (Lipinski definition) is 2. The van der Waals surface area contributed by atoms with E-state index in [1.54, 1.807) is 34.1 Å². The summed E-state index contributed by atoms with van der Waals surface area (Å²) in [6.07, 6.45) is 2.74. The molecular weight excluding hydrogens is 635 g/mol. The van der Waals surface area contributed by atoms with E-state index < -0.39 is 6.04 Å². The number of nitrogens with zero attached hydrogens (tertiary/aromatic N) is 4. The highest BCUT2D eigenvalue weighted by Gasteiger charge is 2.38. The van der Waals surface area contributed by atoms with Crippen molar-refractivity contribution in [2.75, 3.05) is 58.3 Å². The maximum absolute atomic E-state index is 14.8. The maximum Gasteiger partial charge on any atom is 0.318 e. The van der Waals surface area contributed by atoms with Crippen molar-refractivity contribution >= 4 is 57.6 Å². The Kier molecular flexibility index (Phi) is 9.77. The molecule has 9 nitrogen and oxygen atoms in total. The van der Waals surface area contributed by atoms with Crippen LogP contribution in [0.2, 0.25) is 10.0 Å². The Morgan fingerprint density at radius 2 is 1.66 bits per heavy atom. The number of aromatic amines is 1. The number of anilines is 1. The summed E-state index contributed by atoms with van der Waals surface area (Å²) in [6.45, 7) is 4.72. The van der Waals surface area contributed by atoms with Crippen molar-refractivity contribution in [3.8, 4) is 0 Å². The number of halogens is 2. The lowest BCUT2D eigenvalue weighted by atomic mass is 9.88. The number of piperazine rings is 1. The lowest BCUT2D eigenvalue weighted by Gasteiger charge is -2.40. The second kappa shape index (κ2) is 14.0.